The Morgan fingerprint density at radius 3 is 2.42 bits per heavy atom. The van der Waals surface area contributed by atoms with Gasteiger partial charge in [0.05, 0.1) is 6.54 Å². The summed E-state index contributed by atoms with van der Waals surface area (Å²) < 4.78 is 38.6. The second-order valence-corrected chi connectivity index (χ2v) is 6.32. The van der Waals surface area contributed by atoms with E-state index in [0.29, 0.717) is 18.2 Å². The first-order valence-corrected chi connectivity index (χ1v) is 8.08. The Hall–Kier alpha value is -2.33. The SMILES string of the molecule is O=C(CN1C[C@@H]2Oc3c(F)ccc(F)c3O[C@@H]2C1)Nc1nncs1. The number of carbonyl (C=O) groups excluding carboxylic acids is 1. The lowest BCUT2D eigenvalue weighted by Gasteiger charge is -2.28. The molecule has 2 atom stereocenters. The molecule has 24 heavy (non-hydrogen) atoms. The zero-order chi connectivity index (χ0) is 16.7. The van der Waals surface area contributed by atoms with Gasteiger partial charge in [-0.05, 0) is 12.1 Å². The first-order valence-electron chi connectivity index (χ1n) is 7.20. The predicted octanol–water partition coefficient (Wildman–Crippen LogP) is 1.28. The van der Waals surface area contributed by atoms with Crippen LogP contribution in [0, 0.1) is 11.6 Å². The van der Waals surface area contributed by atoms with E-state index in [1.807, 2.05) is 0 Å². The molecule has 1 saturated heterocycles. The molecule has 1 aromatic heterocycles. The van der Waals surface area contributed by atoms with E-state index < -0.39 is 23.8 Å². The number of hydrogen-bond donors (Lipinski definition) is 1. The minimum absolute atomic E-state index is 0.0978. The fraction of sp³-hybridized carbons (Fsp3) is 0.357. The van der Waals surface area contributed by atoms with Crippen molar-refractivity contribution in [2.45, 2.75) is 12.2 Å². The fourth-order valence-electron chi connectivity index (χ4n) is 2.80. The molecule has 0 aliphatic carbocycles. The number of aromatic nitrogens is 2. The molecule has 1 fully saturated rings. The highest BCUT2D eigenvalue weighted by atomic mass is 32.1. The highest BCUT2D eigenvalue weighted by molar-refractivity contribution is 7.13. The highest BCUT2D eigenvalue weighted by Crippen LogP contribution is 2.40. The van der Waals surface area contributed by atoms with E-state index in [9.17, 15) is 13.6 Å². The molecule has 7 nitrogen and oxygen atoms in total. The molecule has 10 heteroatoms. The number of nitrogens with zero attached hydrogens (tertiary/aromatic N) is 3. The molecule has 1 N–H and O–H groups in total. The smallest absolute Gasteiger partial charge is 0.240 e. The van der Waals surface area contributed by atoms with Crippen LogP contribution in [0.2, 0.25) is 0 Å². The molecule has 2 aromatic rings. The Kier molecular flexibility index (Phi) is 3.77. The Balaban J connectivity index is 1.41. The van der Waals surface area contributed by atoms with Crippen LogP contribution in [0.1, 0.15) is 0 Å². The van der Waals surface area contributed by atoms with Crippen LogP contribution in [0.5, 0.6) is 11.5 Å². The van der Waals surface area contributed by atoms with E-state index in [4.69, 9.17) is 9.47 Å². The largest absolute Gasteiger partial charge is 0.478 e. The molecule has 1 aromatic carbocycles. The van der Waals surface area contributed by atoms with E-state index in [0.717, 1.165) is 12.1 Å². The van der Waals surface area contributed by atoms with Crippen LogP contribution in [-0.2, 0) is 4.79 Å². The second kappa shape index (κ2) is 5.95. The number of hydrogen-bond acceptors (Lipinski definition) is 7. The molecular formula is C14H12F2N4O3S. The van der Waals surface area contributed by atoms with Crippen molar-refractivity contribution in [1.82, 2.24) is 15.1 Å². The summed E-state index contributed by atoms with van der Waals surface area (Å²) in [6.07, 6.45) is -0.911. The lowest BCUT2D eigenvalue weighted by atomic mass is 10.2. The Morgan fingerprint density at radius 2 is 1.88 bits per heavy atom. The summed E-state index contributed by atoms with van der Waals surface area (Å²) in [6.45, 7) is 0.855. The summed E-state index contributed by atoms with van der Waals surface area (Å²) in [5.41, 5.74) is 1.52. The third kappa shape index (κ3) is 2.78. The van der Waals surface area contributed by atoms with Gasteiger partial charge in [0.25, 0.3) is 0 Å². The maximum Gasteiger partial charge on any atom is 0.240 e. The van der Waals surface area contributed by atoms with Crippen molar-refractivity contribution < 1.29 is 23.0 Å². The van der Waals surface area contributed by atoms with Gasteiger partial charge in [0, 0.05) is 13.1 Å². The zero-order valence-corrected chi connectivity index (χ0v) is 13.1. The van der Waals surface area contributed by atoms with Crippen molar-refractivity contribution in [3.8, 4) is 11.5 Å². The zero-order valence-electron chi connectivity index (χ0n) is 12.2. The fourth-order valence-corrected chi connectivity index (χ4v) is 3.26. The molecule has 4 rings (SSSR count). The van der Waals surface area contributed by atoms with E-state index in [2.05, 4.69) is 15.5 Å². The number of carbonyl (C=O) groups is 1. The summed E-state index contributed by atoms with van der Waals surface area (Å²) >= 11 is 1.22. The van der Waals surface area contributed by atoms with Crippen LogP contribution in [0.25, 0.3) is 0 Å². The first-order chi connectivity index (χ1) is 11.6. The lowest BCUT2D eigenvalue weighted by molar-refractivity contribution is -0.117. The standard InChI is InChI=1S/C14H12F2N4O3S/c15-7-1-2-8(16)13-12(7)22-9-3-20(4-10(9)23-13)5-11(21)18-14-19-17-6-24-14/h1-2,6,9-10H,3-5H2,(H,18,19,21)/t9-,10+. The van der Waals surface area contributed by atoms with Crippen molar-refractivity contribution in [2.75, 3.05) is 25.0 Å². The summed E-state index contributed by atoms with van der Waals surface area (Å²) in [4.78, 5) is 13.8. The first kappa shape index (κ1) is 15.2. The average Bonchev–Trinajstić information content (AvgIpc) is 3.18. The Bertz CT molecular complexity index is 735. The Labute approximate surface area is 139 Å². The summed E-state index contributed by atoms with van der Waals surface area (Å²) in [6, 6.07) is 2.00. The molecular weight excluding hydrogens is 342 g/mol. The van der Waals surface area contributed by atoms with Crippen molar-refractivity contribution >= 4 is 22.4 Å². The third-order valence-electron chi connectivity index (χ3n) is 3.82. The monoisotopic (exact) mass is 354 g/mol. The molecule has 0 saturated carbocycles. The number of anilines is 1. The van der Waals surface area contributed by atoms with Crippen LogP contribution in [0.3, 0.4) is 0 Å². The highest BCUT2D eigenvalue weighted by Gasteiger charge is 2.42. The number of nitrogens with one attached hydrogen (secondary N) is 1. The molecule has 126 valence electrons. The number of ether oxygens (including phenoxy) is 2. The number of rotatable bonds is 3. The summed E-state index contributed by atoms with van der Waals surface area (Å²) in [5, 5.41) is 10.4. The molecule has 1 amide bonds. The van der Waals surface area contributed by atoms with Crippen molar-refractivity contribution in [3.63, 3.8) is 0 Å². The molecule has 0 unspecified atom stereocenters. The van der Waals surface area contributed by atoms with E-state index in [-0.39, 0.29) is 24.0 Å². The normalized spacial score (nSPS) is 22.2. The van der Waals surface area contributed by atoms with Gasteiger partial charge in [0.2, 0.25) is 22.5 Å². The molecule has 2 aliphatic rings. The topological polar surface area (TPSA) is 76.6 Å². The van der Waals surface area contributed by atoms with Crippen LogP contribution in [0.15, 0.2) is 17.6 Å². The average molecular weight is 354 g/mol. The minimum Gasteiger partial charge on any atom is -0.478 e. The van der Waals surface area contributed by atoms with Gasteiger partial charge >= 0.3 is 0 Å². The van der Waals surface area contributed by atoms with Crippen LogP contribution in [-0.4, -0.2) is 52.8 Å². The van der Waals surface area contributed by atoms with E-state index in [1.165, 1.54) is 16.8 Å². The van der Waals surface area contributed by atoms with Crippen LogP contribution >= 0.6 is 11.3 Å². The van der Waals surface area contributed by atoms with Gasteiger partial charge in [-0.1, -0.05) is 11.3 Å². The number of benzene rings is 1. The number of likely N-dealkylation sites (tertiary alicyclic amines) is 1. The van der Waals surface area contributed by atoms with Crippen LogP contribution < -0.4 is 14.8 Å². The minimum atomic E-state index is -0.669. The van der Waals surface area contributed by atoms with Gasteiger partial charge in [0.15, 0.2) is 11.6 Å². The molecule has 2 aliphatic heterocycles. The Morgan fingerprint density at radius 1 is 1.25 bits per heavy atom. The maximum absolute atomic E-state index is 13.8. The quantitative estimate of drug-likeness (QED) is 0.895. The summed E-state index contributed by atoms with van der Waals surface area (Å²) in [5.74, 6) is -2.01. The van der Waals surface area contributed by atoms with Crippen LogP contribution in [0.4, 0.5) is 13.9 Å². The van der Waals surface area contributed by atoms with Crippen molar-refractivity contribution in [1.29, 1.82) is 0 Å². The summed E-state index contributed by atoms with van der Waals surface area (Å²) in [7, 11) is 0. The predicted molar refractivity (Wildman–Crippen MR) is 80.2 cm³/mol. The number of halogens is 2. The van der Waals surface area contributed by atoms with Crippen molar-refractivity contribution in [3.05, 3.63) is 29.3 Å². The van der Waals surface area contributed by atoms with Gasteiger partial charge in [-0.2, -0.15) is 0 Å². The van der Waals surface area contributed by atoms with Gasteiger partial charge in [0.1, 0.15) is 17.7 Å². The van der Waals surface area contributed by atoms with E-state index >= 15 is 0 Å². The van der Waals surface area contributed by atoms with Gasteiger partial charge in [-0.3, -0.25) is 15.0 Å². The molecule has 3 heterocycles. The van der Waals surface area contributed by atoms with Gasteiger partial charge in [-0.25, -0.2) is 8.78 Å². The van der Waals surface area contributed by atoms with E-state index in [1.54, 1.807) is 4.90 Å². The number of fused-ring (bicyclic) bond motifs is 2. The lowest BCUT2D eigenvalue weighted by Crippen LogP contribution is -2.39. The molecule has 0 spiro atoms. The van der Waals surface area contributed by atoms with Gasteiger partial charge < -0.3 is 9.47 Å². The second-order valence-electron chi connectivity index (χ2n) is 5.49. The molecule has 0 radical (unpaired) electrons. The van der Waals surface area contributed by atoms with Gasteiger partial charge in [-0.15, -0.1) is 10.2 Å². The maximum atomic E-state index is 13.8. The molecule has 0 bridgehead atoms. The number of amides is 1. The van der Waals surface area contributed by atoms with Crippen molar-refractivity contribution in [2.24, 2.45) is 0 Å². The third-order valence-corrected chi connectivity index (χ3v) is 4.43.